The second-order valence-electron chi connectivity index (χ2n) is 3.65. The third-order valence-corrected chi connectivity index (χ3v) is 5.27. The summed E-state index contributed by atoms with van der Waals surface area (Å²) in [5.41, 5.74) is 5.08. The highest BCUT2D eigenvalue weighted by Crippen LogP contribution is 2.35. The SMILES string of the molecule is CC(N)CCNS(=O)(=O)c1cc([N+](=O)[O-])c(Cl)s1. The molecule has 1 rings (SSSR count). The van der Waals surface area contributed by atoms with E-state index in [1.54, 1.807) is 6.92 Å². The summed E-state index contributed by atoms with van der Waals surface area (Å²) >= 11 is 6.25. The van der Waals surface area contributed by atoms with Crippen molar-refractivity contribution in [3.63, 3.8) is 0 Å². The lowest BCUT2D eigenvalue weighted by Gasteiger charge is -2.06. The summed E-state index contributed by atoms with van der Waals surface area (Å²) < 4.78 is 25.5. The summed E-state index contributed by atoms with van der Waals surface area (Å²) in [4.78, 5) is 9.84. The van der Waals surface area contributed by atoms with Gasteiger partial charge >= 0.3 is 0 Å². The number of hydrogen-bond acceptors (Lipinski definition) is 6. The number of halogens is 1. The van der Waals surface area contributed by atoms with Crippen molar-refractivity contribution < 1.29 is 13.3 Å². The molecule has 0 saturated heterocycles. The maximum Gasteiger partial charge on any atom is 0.300 e. The Morgan fingerprint density at radius 2 is 2.28 bits per heavy atom. The minimum Gasteiger partial charge on any atom is -0.328 e. The Balaban J connectivity index is 2.85. The molecular formula is C8H12ClN3O4S2. The Morgan fingerprint density at radius 1 is 1.67 bits per heavy atom. The number of sulfonamides is 1. The van der Waals surface area contributed by atoms with Crippen molar-refractivity contribution in [1.29, 1.82) is 0 Å². The normalized spacial score (nSPS) is 13.5. The molecule has 0 aromatic carbocycles. The van der Waals surface area contributed by atoms with Crippen LogP contribution in [0.1, 0.15) is 13.3 Å². The van der Waals surface area contributed by atoms with Gasteiger partial charge in [0.25, 0.3) is 5.69 Å². The van der Waals surface area contributed by atoms with Crippen molar-refractivity contribution >= 4 is 38.6 Å². The van der Waals surface area contributed by atoms with Crippen LogP contribution < -0.4 is 10.5 Å². The van der Waals surface area contributed by atoms with Crippen LogP contribution in [0.5, 0.6) is 0 Å². The highest BCUT2D eigenvalue weighted by molar-refractivity contribution is 7.91. The van der Waals surface area contributed by atoms with Gasteiger partial charge in [-0.15, -0.1) is 11.3 Å². The molecular weight excluding hydrogens is 302 g/mol. The van der Waals surface area contributed by atoms with Gasteiger partial charge in [0.1, 0.15) is 4.21 Å². The summed E-state index contributed by atoms with van der Waals surface area (Å²) in [6.07, 6.45) is 0.473. The third-order valence-electron chi connectivity index (χ3n) is 2.00. The summed E-state index contributed by atoms with van der Waals surface area (Å²) in [6.45, 7) is 1.92. The number of hydrogen-bond donors (Lipinski definition) is 2. The van der Waals surface area contributed by atoms with Gasteiger partial charge in [0, 0.05) is 18.7 Å². The van der Waals surface area contributed by atoms with Crippen LogP contribution in [-0.2, 0) is 10.0 Å². The van der Waals surface area contributed by atoms with Crippen LogP contribution in [0.15, 0.2) is 10.3 Å². The van der Waals surface area contributed by atoms with E-state index in [1.165, 1.54) is 0 Å². The predicted octanol–water partition coefficient (Wildman–Crippen LogP) is 1.33. The van der Waals surface area contributed by atoms with Crippen molar-refractivity contribution in [3.05, 3.63) is 20.5 Å². The van der Waals surface area contributed by atoms with E-state index >= 15 is 0 Å². The van der Waals surface area contributed by atoms with E-state index < -0.39 is 20.6 Å². The van der Waals surface area contributed by atoms with Gasteiger partial charge in [-0.25, -0.2) is 13.1 Å². The van der Waals surface area contributed by atoms with E-state index in [1.807, 2.05) is 0 Å². The van der Waals surface area contributed by atoms with Crippen molar-refractivity contribution in [3.8, 4) is 0 Å². The van der Waals surface area contributed by atoms with E-state index in [0.717, 1.165) is 6.07 Å². The molecule has 0 aliphatic rings. The van der Waals surface area contributed by atoms with Gasteiger partial charge in [-0.1, -0.05) is 11.6 Å². The Labute approximate surface area is 113 Å². The smallest absolute Gasteiger partial charge is 0.300 e. The van der Waals surface area contributed by atoms with E-state index in [-0.39, 0.29) is 21.1 Å². The standard InChI is InChI=1S/C8H12ClN3O4S2/c1-5(10)2-3-11-18(15,16)7-4-6(12(13)14)8(9)17-7/h4-5,11H,2-3,10H2,1H3. The van der Waals surface area contributed by atoms with Crippen LogP contribution in [-0.4, -0.2) is 25.9 Å². The van der Waals surface area contributed by atoms with Gasteiger partial charge in [-0.3, -0.25) is 10.1 Å². The number of nitrogens with one attached hydrogen (secondary N) is 1. The van der Waals surface area contributed by atoms with Gasteiger partial charge in [-0.05, 0) is 13.3 Å². The molecule has 1 atom stereocenters. The minimum atomic E-state index is -3.77. The zero-order valence-corrected chi connectivity index (χ0v) is 11.8. The molecule has 0 radical (unpaired) electrons. The number of nitro groups is 1. The summed E-state index contributed by atoms with van der Waals surface area (Å²) in [5.74, 6) is 0. The van der Waals surface area contributed by atoms with Crippen molar-refractivity contribution in [2.75, 3.05) is 6.54 Å². The zero-order chi connectivity index (χ0) is 13.9. The molecule has 0 spiro atoms. The Kier molecular flexibility index (Phi) is 5.05. The molecule has 0 aliphatic carbocycles. The Bertz CT molecular complexity index is 541. The number of nitrogens with zero attached hydrogens (tertiary/aromatic N) is 1. The molecule has 0 fully saturated rings. The molecule has 1 aromatic rings. The fourth-order valence-corrected chi connectivity index (χ4v) is 3.84. The van der Waals surface area contributed by atoms with Gasteiger partial charge < -0.3 is 5.73 Å². The second kappa shape index (κ2) is 5.93. The fourth-order valence-electron chi connectivity index (χ4n) is 1.09. The summed E-state index contributed by atoms with van der Waals surface area (Å²) in [6, 6.07) is 0.815. The lowest BCUT2D eigenvalue weighted by Crippen LogP contribution is -2.28. The number of rotatable bonds is 6. The third kappa shape index (κ3) is 3.89. The molecule has 102 valence electrons. The van der Waals surface area contributed by atoms with E-state index in [0.29, 0.717) is 17.8 Å². The maximum atomic E-state index is 11.8. The molecule has 18 heavy (non-hydrogen) atoms. The molecule has 10 heteroatoms. The average Bonchev–Trinajstić information content (AvgIpc) is 2.60. The van der Waals surface area contributed by atoms with Gasteiger partial charge in [0.05, 0.1) is 4.92 Å². The van der Waals surface area contributed by atoms with Crippen LogP contribution in [0.4, 0.5) is 5.69 Å². The average molecular weight is 314 g/mol. The van der Waals surface area contributed by atoms with E-state index in [4.69, 9.17) is 17.3 Å². The van der Waals surface area contributed by atoms with E-state index in [9.17, 15) is 18.5 Å². The van der Waals surface area contributed by atoms with Crippen LogP contribution in [0, 0.1) is 10.1 Å². The van der Waals surface area contributed by atoms with Gasteiger partial charge in [0.2, 0.25) is 10.0 Å². The molecule has 3 N–H and O–H groups in total. The van der Waals surface area contributed by atoms with Gasteiger partial charge in [-0.2, -0.15) is 0 Å². The van der Waals surface area contributed by atoms with E-state index in [2.05, 4.69) is 4.72 Å². The van der Waals surface area contributed by atoms with Gasteiger partial charge in [0.15, 0.2) is 4.34 Å². The lowest BCUT2D eigenvalue weighted by atomic mass is 10.3. The molecule has 0 bridgehead atoms. The predicted molar refractivity (Wildman–Crippen MR) is 69.4 cm³/mol. The Morgan fingerprint density at radius 3 is 2.72 bits per heavy atom. The topological polar surface area (TPSA) is 115 Å². The largest absolute Gasteiger partial charge is 0.328 e. The van der Waals surface area contributed by atoms with Crippen molar-refractivity contribution in [1.82, 2.24) is 4.72 Å². The summed E-state index contributed by atoms with van der Waals surface area (Å²) in [7, 11) is -3.77. The lowest BCUT2D eigenvalue weighted by molar-refractivity contribution is -0.384. The molecule has 7 nitrogen and oxygen atoms in total. The monoisotopic (exact) mass is 313 g/mol. The first kappa shape index (κ1) is 15.3. The first-order valence-corrected chi connectivity index (χ1v) is 7.61. The van der Waals surface area contributed by atoms with Crippen molar-refractivity contribution in [2.24, 2.45) is 5.73 Å². The first-order valence-electron chi connectivity index (χ1n) is 4.93. The molecule has 1 aromatic heterocycles. The highest BCUT2D eigenvalue weighted by Gasteiger charge is 2.24. The molecule has 0 amide bonds. The number of nitrogens with two attached hydrogens (primary N) is 1. The van der Waals surface area contributed by atoms with Crippen LogP contribution in [0.2, 0.25) is 4.34 Å². The molecule has 0 aliphatic heterocycles. The van der Waals surface area contributed by atoms with Crippen molar-refractivity contribution in [2.45, 2.75) is 23.6 Å². The van der Waals surface area contributed by atoms with Crippen LogP contribution in [0.25, 0.3) is 0 Å². The molecule has 0 saturated carbocycles. The zero-order valence-electron chi connectivity index (χ0n) is 9.42. The fraction of sp³-hybridized carbons (Fsp3) is 0.500. The quantitative estimate of drug-likeness (QED) is 0.607. The van der Waals surface area contributed by atoms with Crippen LogP contribution in [0.3, 0.4) is 0 Å². The highest BCUT2D eigenvalue weighted by atomic mass is 35.5. The second-order valence-corrected chi connectivity index (χ2v) is 7.29. The first-order chi connectivity index (χ1) is 8.24. The minimum absolute atomic E-state index is 0.131. The summed E-state index contributed by atoms with van der Waals surface area (Å²) in [5, 5.41) is 10.6. The molecule has 1 unspecified atom stereocenters. The number of thiophene rings is 1. The van der Waals surface area contributed by atoms with Crippen LogP contribution >= 0.6 is 22.9 Å². The maximum absolute atomic E-state index is 11.8. The molecule has 1 heterocycles. The Hall–Kier alpha value is -0.740.